The van der Waals surface area contributed by atoms with Crippen LogP contribution in [0.15, 0.2) is 18.2 Å². The molecule has 0 N–H and O–H groups in total. The van der Waals surface area contributed by atoms with E-state index in [1.165, 1.54) is 32.9 Å². The van der Waals surface area contributed by atoms with Crippen molar-refractivity contribution in [2.75, 3.05) is 11.4 Å². The Balaban J connectivity index is 3.37. The number of Topliss-reactive ketones (excluding diaryl/α,β-unsaturated/α-hetero) is 1. The zero-order valence-electron chi connectivity index (χ0n) is 11.8. The fourth-order valence-electron chi connectivity index (χ4n) is 1.87. The van der Waals surface area contributed by atoms with Gasteiger partial charge in [-0.15, -0.1) is 0 Å². The van der Waals surface area contributed by atoms with Crippen molar-refractivity contribution < 1.29 is 22.9 Å². The van der Waals surface area contributed by atoms with Gasteiger partial charge in [0, 0.05) is 17.7 Å². The molecule has 1 aromatic rings. The first-order chi connectivity index (χ1) is 9.53. The van der Waals surface area contributed by atoms with Gasteiger partial charge in [-0.05, 0) is 32.9 Å². The third-order valence-corrected chi connectivity index (χ3v) is 2.86. The van der Waals surface area contributed by atoms with Crippen LogP contribution >= 0.6 is 0 Å². The Labute approximate surface area is 119 Å². The van der Waals surface area contributed by atoms with Crippen LogP contribution in [0, 0.1) is 10.1 Å². The van der Waals surface area contributed by atoms with Gasteiger partial charge in [0.25, 0.3) is 5.69 Å². The van der Waals surface area contributed by atoms with Crippen LogP contribution in [-0.2, 0) is 0 Å². The van der Waals surface area contributed by atoms with E-state index >= 15 is 0 Å². The first-order valence-electron chi connectivity index (χ1n) is 6.15. The van der Waals surface area contributed by atoms with Crippen molar-refractivity contribution in [3.63, 3.8) is 0 Å². The number of alkyl halides is 3. The maximum absolute atomic E-state index is 12.6. The number of anilines is 1. The minimum absolute atomic E-state index is 0.0844. The van der Waals surface area contributed by atoms with Crippen LogP contribution in [0.4, 0.5) is 24.5 Å². The molecule has 0 spiro atoms. The monoisotopic (exact) mass is 304 g/mol. The number of carbonyl (C=O) groups is 1. The molecule has 0 atom stereocenters. The van der Waals surface area contributed by atoms with Crippen LogP contribution < -0.4 is 4.90 Å². The van der Waals surface area contributed by atoms with Crippen molar-refractivity contribution in [3.05, 3.63) is 33.9 Å². The number of nitro benzene ring substituents is 1. The quantitative estimate of drug-likeness (QED) is 0.474. The van der Waals surface area contributed by atoms with Gasteiger partial charge in [0.1, 0.15) is 12.2 Å². The van der Waals surface area contributed by atoms with Crippen LogP contribution in [0.25, 0.3) is 0 Å². The summed E-state index contributed by atoms with van der Waals surface area (Å²) in [4.78, 5) is 22.4. The highest BCUT2D eigenvalue weighted by atomic mass is 19.4. The van der Waals surface area contributed by atoms with Gasteiger partial charge in [0.15, 0.2) is 5.78 Å². The minimum atomic E-state index is -4.49. The van der Waals surface area contributed by atoms with E-state index in [0.29, 0.717) is 0 Å². The number of hydrogen-bond donors (Lipinski definition) is 0. The van der Waals surface area contributed by atoms with Crippen molar-refractivity contribution >= 4 is 17.2 Å². The van der Waals surface area contributed by atoms with Crippen LogP contribution in [-0.4, -0.2) is 29.5 Å². The van der Waals surface area contributed by atoms with Crippen molar-refractivity contribution in [1.29, 1.82) is 0 Å². The summed E-state index contributed by atoms with van der Waals surface area (Å²) in [7, 11) is 0. The van der Waals surface area contributed by atoms with Gasteiger partial charge in [-0.2, -0.15) is 13.2 Å². The van der Waals surface area contributed by atoms with Crippen molar-refractivity contribution in [2.45, 2.75) is 33.0 Å². The second kappa shape index (κ2) is 6.11. The summed E-state index contributed by atoms with van der Waals surface area (Å²) in [5.41, 5.74) is -0.584. The van der Waals surface area contributed by atoms with E-state index in [4.69, 9.17) is 0 Å². The van der Waals surface area contributed by atoms with Gasteiger partial charge in [0.05, 0.1) is 4.92 Å². The van der Waals surface area contributed by atoms with E-state index in [0.717, 1.165) is 11.0 Å². The minimum Gasteiger partial charge on any atom is -0.354 e. The molecule has 1 rings (SSSR count). The molecule has 0 saturated heterocycles. The Kier molecular flexibility index (Phi) is 4.93. The Morgan fingerprint density at radius 3 is 2.33 bits per heavy atom. The van der Waals surface area contributed by atoms with E-state index in [-0.39, 0.29) is 11.3 Å². The molecular weight excluding hydrogens is 289 g/mol. The van der Waals surface area contributed by atoms with E-state index in [2.05, 4.69) is 0 Å². The molecule has 0 heterocycles. The first kappa shape index (κ1) is 16.9. The Morgan fingerprint density at radius 2 is 1.95 bits per heavy atom. The van der Waals surface area contributed by atoms with Gasteiger partial charge in [-0.3, -0.25) is 14.9 Å². The summed E-state index contributed by atoms with van der Waals surface area (Å²) >= 11 is 0. The molecule has 0 unspecified atom stereocenters. The van der Waals surface area contributed by atoms with Crippen LogP contribution in [0.5, 0.6) is 0 Å². The fourth-order valence-corrected chi connectivity index (χ4v) is 1.87. The van der Waals surface area contributed by atoms with Gasteiger partial charge in [-0.25, -0.2) is 0 Å². The average Bonchev–Trinajstić information content (AvgIpc) is 2.33. The topological polar surface area (TPSA) is 63.5 Å². The molecule has 21 heavy (non-hydrogen) atoms. The van der Waals surface area contributed by atoms with Crippen molar-refractivity contribution in [1.82, 2.24) is 0 Å². The lowest BCUT2D eigenvalue weighted by atomic mass is 10.1. The summed E-state index contributed by atoms with van der Waals surface area (Å²) in [5, 5.41) is 11.1. The molecule has 0 amide bonds. The summed E-state index contributed by atoms with van der Waals surface area (Å²) < 4.78 is 37.9. The SMILES string of the molecule is CC(=O)c1ccc(N(CC(F)(F)F)C(C)C)c([N+](=O)[O-])c1. The van der Waals surface area contributed by atoms with Gasteiger partial charge < -0.3 is 4.90 Å². The number of halogens is 3. The number of carbonyl (C=O) groups excluding carboxylic acids is 1. The zero-order chi connectivity index (χ0) is 16.4. The normalized spacial score (nSPS) is 11.6. The highest BCUT2D eigenvalue weighted by Gasteiger charge is 2.34. The van der Waals surface area contributed by atoms with Gasteiger partial charge >= 0.3 is 6.18 Å². The molecule has 0 aliphatic carbocycles. The number of nitrogens with zero attached hydrogens (tertiary/aromatic N) is 2. The summed E-state index contributed by atoms with van der Waals surface area (Å²) in [6, 6.07) is 2.88. The molecule has 0 fully saturated rings. The Hall–Kier alpha value is -2.12. The number of hydrogen-bond acceptors (Lipinski definition) is 4. The maximum atomic E-state index is 12.6. The van der Waals surface area contributed by atoms with Gasteiger partial charge in [0.2, 0.25) is 0 Å². The molecule has 0 aromatic heterocycles. The van der Waals surface area contributed by atoms with E-state index < -0.39 is 35.2 Å². The predicted octanol–water partition coefficient (Wildman–Crippen LogP) is 3.57. The summed E-state index contributed by atoms with van der Waals surface area (Å²) in [5.74, 6) is -0.392. The summed E-state index contributed by atoms with van der Waals surface area (Å²) in [6.07, 6.45) is -4.49. The molecule has 0 aliphatic heterocycles. The lowest BCUT2D eigenvalue weighted by Crippen LogP contribution is -2.39. The lowest BCUT2D eigenvalue weighted by molar-refractivity contribution is -0.384. The molecule has 5 nitrogen and oxygen atoms in total. The average molecular weight is 304 g/mol. The number of rotatable bonds is 5. The fraction of sp³-hybridized carbons (Fsp3) is 0.462. The predicted molar refractivity (Wildman–Crippen MR) is 71.6 cm³/mol. The van der Waals surface area contributed by atoms with Crippen LogP contribution in [0.1, 0.15) is 31.1 Å². The Bertz CT molecular complexity index is 556. The number of nitro groups is 1. The van der Waals surface area contributed by atoms with Gasteiger partial charge in [-0.1, -0.05) is 0 Å². The molecule has 0 aliphatic rings. The standard InChI is InChI=1S/C13H15F3N2O3/c1-8(2)17(7-13(14,15)16)11-5-4-10(9(3)19)6-12(11)18(20)21/h4-6,8H,7H2,1-3H3. The molecule has 0 bridgehead atoms. The molecule has 0 saturated carbocycles. The van der Waals surface area contributed by atoms with Crippen LogP contribution in [0.3, 0.4) is 0 Å². The van der Waals surface area contributed by atoms with E-state index in [1.54, 1.807) is 0 Å². The smallest absolute Gasteiger partial charge is 0.354 e. The molecule has 8 heteroatoms. The molecule has 1 aromatic carbocycles. The highest BCUT2D eigenvalue weighted by Crippen LogP contribution is 2.33. The summed E-state index contributed by atoms with van der Waals surface area (Å²) in [6.45, 7) is 2.95. The maximum Gasteiger partial charge on any atom is 0.405 e. The highest BCUT2D eigenvalue weighted by molar-refractivity contribution is 5.95. The van der Waals surface area contributed by atoms with E-state index in [9.17, 15) is 28.1 Å². The second-order valence-corrected chi connectivity index (χ2v) is 4.85. The number of benzene rings is 1. The zero-order valence-corrected chi connectivity index (χ0v) is 11.8. The van der Waals surface area contributed by atoms with Crippen LogP contribution in [0.2, 0.25) is 0 Å². The third kappa shape index (κ3) is 4.44. The first-order valence-corrected chi connectivity index (χ1v) is 6.15. The molecule has 116 valence electrons. The number of ketones is 1. The van der Waals surface area contributed by atoms with Crippen molar-refractivity contribution in [3.8, 4) is 0 Å². The van der Waals surface area contributed by atoms with E-state index in [1.807, 2.05) is 0 Å². The molecule has 0 radical (unpaired) electrons. The third-order valence-electron chi connectivity index (χ3n) is 2.86. The largest absolute Gasteiger partial charge is 0.405 e. The lowest BCUT2D eigenvalue weighted by Gasteiger charge is -2.29. The Morgan fingerprint density at radius 1 is 1.38 bits per heavy atom. The molecular formula is C13H15F3N2O3. The van der Waals surface area contributed by atoms with Crippen molar-refractivity contribution in [2.24, 2.45) is 0 Å². The second-order valence-electron chi connectivity index (χ2n) is 4.85.